The first-order chi connectivity index (χ1) is 15.5. The standard InChI is InChI=1S/C24H29N5O3/c1-4-32-22(30)17-10-25-23(26-11-17)29-8-7-24(16-29)14-28(15-24)13-18-12-27(2)21-9-19(31-3)5-6-20(18)21/h5-6,9-12H,4,7-8,13-16H2,1-3H3. The minimum Gasteiger partial charge on any atom is -0.497 e. The average molecular weight is 436 g/mol. The summed E-state index contributed by atoms with van der Waals surface area (Å²) in [5, 5.41) is 1.29. The van der Waals surface area contributed by atoms with E-state index < -0.39 is 0 Å². The van der Waals surface area contributed by atoms with Crippen molar-refractivity contribution in [3.63, 3.8) is 0 Å². The van der Waals surface area contributed by atoms with Gasteiger partial charge in [-0.2, -0.15) is 0 Å². The Morgan fingerprint density at radius 3 is 2.69 bits per heavy atom. The number of hydrogen-bond acceptors (Lipinski definition) is 7. The Morgan fingerprint density at radius 2 is 1.97 bits per heavy atom. The zero-order valence-electron chi connectivity index (χ0n) is 18.9. The van der Waals surface area contributed by atoms with Gasteiger partial charge in [0, 0.05) is 75.2 Å². The van der Waals surface area contributed by atoms with Crippen LogP contribution >= 0.6 is 0 Å². The lowest BCUT2D eigenvalue weighted by atomic mass is 9.79. The molecule has 2 saturated heterocycles. The summed E-state index contributed by atoms with van der Waals surface area (Å²) in [5.41, 5.74) is 3.25. The van der Waals surface area contributed by atoms with Gasteiger partial charge in [-0.1, -0.05) is 0 Å². The highest BCUT2D eigenvalue weighted by atomic mass is 16.5. The molecular formula is C24H29N5O3. The summed E-state index contributed by atoms with van der Waals surface area (Å²) < 4.78 is 12.6. The van der Waals surface area contributed by atoms with E-state index in [1.165, 1.54) is 16.5 Å². The molecule has 0 N–H and O–H groups in total. The summed E-state index contributed by atoms with van der Waals surface area (Å²) in [7, 11) is 3.79. The highest BCUT2D eigenvalue weighted by molar-refractivity contribution is 5.88. The molecule has 2 aromatic heterocycles. The van der Waals surface area contributed by atoms with E-state index in [9.17, 15) is 4.79 Å². The summed E-state index contributed by atoms with van der Waals surface area (Å²) in [6.07, 6.45) is 6.50. The van der Waals surface area contributed by atoms with Gasteiger partial charge in [-0.25, -0.2) is 14.8 Å². The Kier molecular flexibility index (Phi) is 5.25. The van der Waals surface area contributed by atoms with Crippen molar-refractivity contribution < 1.29 is 14.3 Å². The third-order valence-electron chi connectivity index (χ3n) is 6.66. The largest absolute Gasteiger partial charge is 0.497 e. The zero-order chi connectivity index (χ0) is 22.3. The molecule has 8 heteroatoms. The first-order valence-corrected chi connectivity index (χ1v) is 11.1. The van der Waals surface area contributed by atoms with Crippen molar-refractivity contribution in [3.05, 3.63) is 47.9 Å². The summed E-state index contributed by atoms with van der Waals surface area (Å²) in [5.74, 6) is 1.20. The highest BCUT2D eigenvalue weighted by Crippen LogP contribution is 2.41. The van der Waals surface area contributed by atoms with Crippen molar-refractivity contribution in [2.45, 2.75) is 19.9 Å². The van der Waals surface area contributed by atoms with Crippen LogP contribution in [0.5, 0.6) is 5.75 Å². The van der Waals surface area contributed by atoms with E-state index in [1.807, 2.05) is 6.07 Å². The zero-order valence-corrected chi connectivity index (χ0v) is 18.9. The summed E-state index contributed by atoms with van der Waals surface area (Å²) in [6.45, 7) is 7.15. The van der Waals surface area contributed by atoms with Gasteiger partial charge in [-0.3, -0.25) is 4.90 Å². The predicted octanol–water partition coefficient (Wildman–Crippen LogP) is 2.87. The number of rotatable bonds is 6. The topological polar surface area (TPSA) is 72.7 Å². The molecule has 0 radical (unpaired) electrons. The number of aromatic nitrogens is 3. The molecule has 32 heavy (non-hydrogen) atoms. The number of likely N-dealkylation sites (tertiary alicyclic amines) is 1. The Labute approximate surface area is 187 Å². The summed E-state index contributed by atoms with van der Waals surface area (Å²) in [6, 6.07) is 6.29. The van der Waals surface area contributed by atoms with Crippen LogP contribution in [0.3, 0.4) is 0 Å². The maximum atomic E-state index is 11.8. The van der Waals surface area contributed by atoms with Crippen LogP contribution < -0.4 is 9.64 Å². The van der Waals surface area contributed by atoms with E-state index in [1.54, 1.807) is 26.4 Å². The lowest BCUT2D eigenvalue weighted by Gasteiger charge is -2.48. The van der Waals surface area contributed by atoms with Crippen LogP contribution in [-0.4, -0.2) is 65.3 Å². The maximum Gasteiger partial charge on any atom is 0.341 e. The summed E-state index contributed by atoms with van der Waals surface area (Å²) in [4.78, 5) is 25.4. The second-order valence-corrected chi connectivity index (χ2v) is 8.96. The molecule has 2 aliphatic rings. The van der Waals surface area contributed by atoms with Gasteiger partial charge >= 0.3 is 5.97 Å². The lowest BCUT2D eigenvalue weighted by Crippen LogP contribution is -2.56. The number of anilines is 1. The molecule has 168 valence electrons. The quantitative estimate of drug-likeness (QED) is 0.551. The number of aryl methyl sites for hydroxylation is 1. The minimum atomic E-state index is -0.376. The van der Waals surface area contributed by atoms with E-state index in [2.05, 4.69) is 49.7 Å². The van der Waals surface area contributed by atoms with Crippen molar-refractivity contribution in [1.82, 2.24) is 19.4 Å². The molecule has 2 aliphatic heterocycles. The molecule has 0 amide bonds. The molecule has 1 aromatic carbocycles. The van der Waals surface area contributed by atoms with Crippen LogP contribution in [0.2, 0.25) is 0 Å². The Hall–Kier alpha value is -3.13. The van der Waals surface area contributed by atoms with Crippen LogP contribution in [0.25, 0.3) is 10.9 Å². The fourth-order valence-electron chi connectivity index (χ4n) is 5.12. The number of carbonyl (C=O) groups excluding carboxylic acids is 1. The van der Waals surface area contributed by atoms with E-state index in [-0.39, 0.29) is 5.97 Å². The molecule has 5 rings (SSSR count). The lowest BCUT2D eigenvalue weighted by molar-refractivity contribution is 0.0119. The molecule has 2 fully saturated rings. The van der Waals surface area contributed by atoms with Gasteiger partial charge in [-0.05, 0) is 31.0 Å². The third kappa shape index (κ3) is 3.68. The Bertz CT molecular complexity index is 1130. The fourth-order valence-corrected chi connectivity index (χ4v) is 5.12. The van der Waals surface area contributed by atoms with Crippen molar-refractivity contribution in [2.75, 3.05) is 44.8 Å². The fraction of sp³-hybridized carbons (Fsp3) is 0.458. The molecule has 0 unspecified atom stereocenters. The number of carbonyl (C=O) groups is 1. The predicted molar refractivity (Wildman–Crippen MR) is 122 cm³/mol. The molecule has 0 saturated carbocycles. The number of nitrogens with zero attached hydrogens (tertiary/aromatic N) is 5. The van der Waals surface area contributed by atoms with Gasteiger partial charge in [0.2, 0.25) is 5.95 Å². The van der Waals surface area contributed by atoms with E-state index in [4.69, 9.17) is 9.47 Å². The van der Waals surface area contributed by atoms with Gasteiger partial charge in [-0.15, -0.1) is 0 Å². The molecule has 0 aliphatic carbocycles. The second kappa shape index (κ2) is 8.09. The van der Waals surface area contributed by atoms with Crippen molar-refractivity contribution in [2.24, 2.45) is 12.5 Å². The van der Waals surface area contributed by atoms with Crippen molar-refractivity contribution in [1.29, 1.82) is 0 Å². The van der Waals surface area contributed by atoms with Gasteiger partial charge in [0.15, 0.2) is 0 Å². The van der Waals surface area contributed by atoms with Crippen LogP contribution in [0.4, 0.5) is 5.95 Å². The normalized spacial score (nSPS) is 17.7. The average Bonchev–Trinajstić information content (AvgIpc) is 3.36. The van der Waals surface area contributed by atoms with Gasteiger partial charge in [0.25, 0.3) is 0 Å². The summed E-state index contributed by atoms with van der Waals surface area (Å²) >= 11 is 0. The molecule has 3 aromatic rings. The number of esters is 1. The number of hydrogen-bond donors (Lipinski definition) is 0. The maximum absolute atomic E-state index is 11.8. The van der Waals surface area contributed by atoms with E-state index in [0.29, 0.717) is 23.5 Å². The van der Waals surface area contributed by atoms with Gasteiger partial charge in [0.1, 0.15) is 5.75 Å². The molecule has 8 nitrogen and oxygen atoms in total. The first kappa shape index (κ1) is 20.8. The molecular weight excluding hydrogens is 406 g/mol. The number of fused-ring (bicyclic) bond motifs is 1. The minimum absolute atomic E-state index is 0.303. The van der Waals surface area contributed by atoms with E-state index in [0.717, 1.165) is 44.9 Å². The molecule has 4 heterocycles. The van der Waals surface area contributed by atoms with E-state index >= 15 is 0 Å². The Morgan fingerprint density at radius 1 is 1.19 bits per heavy atom. The monoisotopic (exact) mass is 435 g/mol. The third-order valence-corrected chi connectivity index (χ3v) is 6.66. The molecule has 0 bridgehead atoms. The molecule has 1 spiro atoms. The SMILES string of the molecule is CCOC(=O)c1cnc(N2CCC3(CN(Cc4cn(C)c5cc(OC)ccc45)C3)C2)nc1. The second-order valence-electron chi connectivity index (χ2n) is 8.96. The van der Waals surface area contributed by atoms with Crippen LogP contribution in [0, 0.1) is 5.41 Å². The van der Waals surface area contributed by atoms with Crippen molar-refractivity contribution >= 4 is 22.8 Å². The van der Waals surface area contributed by atoms with Gasteiger partial charge < -0.3 is 18.9 Å². The van der Waals surface area contributed by atoms with Crippen LogP contribution in [-0.2, 0) is 18.3 Å². The van der Waals surface area contributed by atoms with Crippen LogP contribution in [0.1, 0.15) is 29.3 Å². The smallest absolute Gasteiger partial charge is 0.341 e. The first-order valence-electron chi connectivity index (χ1n) is 11.1. The highest BCUT2D eigenvalue weighted by Gasteiger charge is 2.48. The number of methoxy groups -OCH3 is 1. The van der Waals surface area contributed by atoms with Crippen molar-refractivity contribution in [3.8, 4) is 5.75 Å². The van der Waals surface area contributed by atoms with Crippen LogP contribution in [0.15, 0.2) is 36.8 Å². The number of benzene rings is 1. The Balaban J connectivity index is 1.21. The van der Waals surface area contributed by atoms with Gasteiger partial charge in [0.05, 0.1) is 24.8 Å². The number of ether oxygens (including phenoxy) is 2. The molecule has 0 atom stereocenters.